The Bertz CT molecular complexity index is 866. The molecule has 0 amide bonds. The Morgan fingerprint density at radius 3 is 2.86 bits per heavy atom. The fourth-order valence-electron chi connectivity index (χ4n) is 7.05. The van der Waals surface area contributed by atoms with Crippen molar-refractivity contribution in [1.29, 1.82) is 0 Å². The second-order valence-corrected chi connectivity index (χ2v) is 9.69. The maximum Gasteiger partial charge on any atom is 0.175 e. The van der Waals surface area contributed by atoms with Gasteiger partial charge in [0.25, 0.3) is 0 Å². The highest BCUT2D eigenvalue weighted by atomic mass is 16.3. The molecule has 0 unspecified atom stereocenters. The first kappa shape index (κ1) is 18.1. The molecule has 1 aromatic heterocycles. The van der Waals surface area contributed by atoms with Crippen LogP contribution in [0, 0.1) is 35.0 Å². The topological polar surface area (TPSA) is 63.8 Å². The number of aromatic nitrogens is 4. The Balaban J connectivity index is 1.40. The Hall–Kier alpha value is -1.91. The minimum atomic E-state index is 0.398. The van der Waals surface area contributed by atoms with Crippen LogP contribution in [0.4, 0.5) is 0 Å². The largest absolute Gasteiger partial charge is 0.508 e. The molecule has 4 aliphatic carbocycles. The van der Waals surface area contributed by atoms with E-state index < -0.39 is 0 Å². The number of tetrazole rings is 1. The van der Waals surface area contributed by atoms with Crippen LogP contribution in [0.1, 0.15) is 58.2 Å². The predicted molar refractivity (Wildman–Crippen MR) is 108 cm³/mol. The molecule has 0 bridgehead atoms. The maximum absolute atomic E-state index is 10.3. The second-order valence-electron chi connectivity index (χ2n) is 9.69. The van der Waals surface area contributed by atoms with Crippen molar-refractivity contribution in [3.8, 4) is 0 Å². The van der Waals surface area contributed by atoms with Crippen LogP contribution >= 0.6 is 0 Å². The van der Waals surface area contributed by atoms with Crippen molar-refractivity contribution in [2.24, 2.45) is 42.1 Å². The van der Waals surface area contributed by atoms with Crippen LogP contribution in [0.5, 0.6) is 0 Å². The summed E-state index contributed by atoms with van der Waals surface area (Å²) in [5, 5.41) is 23.1. The molecule has 0 spiro atoms. The van der Waals surface area contributed by atoms with Gasteiger partial charge < -0.3 is 5.11 Å². The number of nitrogens with zero attached hydrogens (tertiary/aromatic N) is 4. The van der Waals surface area contributed by atoms with E-state index in [2.05, 4.69) is 41.4 Å². The van der Waals surface area contributed by atoms with E-state index in [1.54, 1.807) is 4.80 Å². The average Bonchev–Trinajstić information content (AvgIpc) is 3.24. The molecule has 0 saturated heterocycles. The number of allylic oxidation sites excluding steroid dienone is 5. The molecule has 5 heteroatoms. The average molecular weight is 381 g/mol. The Labute approximate surface area is 167 Å². The zero-order valence-electron chi connectivity index (χ0n) is 17.3. The number of aryl methyl sites for hydroxylation is 1. The van der Waals surface area contributed by atoms with Crippen molar-refractivity contribution in [2.75, 3.05) is 0 Å². The highest BCUT2D eigenvalue weighted by Gasteiger charge is 2.55. The number of aliphatic hydroxyl groups is 1. The lowest BCUT2D eigenvalue weighted by Crippen LogP contribution is -2.45. The summed E-state index contributed by atoms with van der Waals surface area (Å²) in [6, 6.07) is 0. The first-order chi connectivity index (χ1) is 13.5. The van der Waals surface area contributed by atoms with Crippen LogP contribution in [-0.4, -0.2) is 25.3 Å². The van der Waals surface area contributed by atoms with Crippen LogP contribution in [0.3, 0.4) is 0 Å². The van der Waals surface area contributed by atoms with Gasteiger partial charge in [0.1, 0.15) is 5.76 Å². The Kier molecular flexibility index (Phi) is 4.25. The number of aliphatic hydroxyl groups excluding tert-OH is 1. The highest BCUT2D eigenvalue weighted by molar-refractivity contribution is 5.43. The van der Waals surface area contributed by atoms with Gasteiger partial charge in [0.2, 0.25) is 0 Å². The highest BCUT2D eigenvalue weighted by Crippen LogP contribution is 2.63. The summed E-state index contributed by atoms with van der Waals surface area (Å²) in [6.07, 6.45) is 15.1. The van der Waals surface area contributed by atoms with Gasteiger partial charge in [-0.25, -0.2) is 0 Å². The van der Waals surface area contributed by atoms with E-state index in [0.717, 1.165) is 42.0 Å². The number of hydrogen-bond donors (Lipinski definition) is 1. The summed E-state index contributed by atoms with van der Waals surface area (Å²) >= 11 is 0. The molecule has 150 valence electrons. The van der Waals surface area contributed by atoms with E-state index in [1.165, 1.54) is 37.7 Å². The van der Waals surface area contributed by atoms with Crippen LogP contribution in [-0.2, 0) is 13.5 Å². The first-order valence-corrected chi connectivity index (χ1v) is 11.0. The number of rotatable bonds is 3. The summed E-state index contributed by atoms with van der Waals surface area (Å²) in [6.45, 7) is 4.69. The van der Waals surface area contributed by atoms with E-state index in [0.29, 0.717) is 23.0 Å². The normalized spacial score (nSPS) is 39.4. The summed E-state index contributed by atoms with van der Waals surface area (Å²) < 4.78 is 0. The van der Waals surface area contributed by atoms with Gasteiger partial charge in [-0.2, -0.15) is 4.80 Å². The van der Waals surface area contributed by atoms with Gasteiger partial charge in [0.15, 0.2) is 5.82 Å². The van der Waals surface area contributed by atoms with Crippen molar-refractivity contribution >= 4 is 0 Å². The van der Waals surface area contributed by atoms with E-state index in [9.17, 15) is 5.11 Å². The molecule has 6 atom stereocenters. The molecule has 0 aromatic carbocycles. The third-order valence-corrected chi connectivity index (χ3v) is 8.53. The minimum absolute atomic E-state index is 0.398. The van der Waals surface area contributed by atoms with Crippen LogP contribution in [0.25, 0.3) is 0 Å². The fraction of sp³-hybridized carbons (Fsp3) is 0.696. The minimum Gasteiger partial charge on any atom is -0.508 e. The van der Waals surface area contributed by atoms with Gasteiger partial charge >= 0.3 is 0 Å². The number of hydrogen-bond acceptors (Lipinski definition) is 4. The van der Waals surface area contributed by atoms with Crippen molar-refractivity contribution < 1.29 is 5.11 Å². The molecule has 0 radical (unpaired) electrons. The van der Waals surface area contributed by atoms with Gasteiger partial charge in [-0.15, -0.1) is 10.2 Å². The predicted octanol–water partition coefficient (Wildman–Crippen LogP) is 4.55. The molecule has 4 aliphatic rings. The van der Waals surface area contributed by atoms with E-state index in [1.807, 2.05) is 13.1 Å². The lowest BCUT2D eigenvalue weighted by Gasteiger charge is -2.52. The monoisotopic (exact) mass is 380 g/mol. The van der Waals surface area contributed by atoms with Gasteiger partial charge in [-0.1, -0.05) is 26.0 Å². The van der Waals surface area contributed by atoms with Gasteiger partial charge in [0, 0.05) is 12.3 Å². The standard InChI is InChI=1S/C23H32N4O/c1-4-14-11-19-15(12-21(14)28)5-7-18-17(19)9-10-23(2)16(6-8-20(18)23)13-22-24-26-27(3)25-22/h5,11-12,16-20,28H,4,6-10,13H2,1-3H3/t16-,17+,18-,19+,20+,23-/m1/s1. The zero-order valence-corrected chi connectivity index (χ0v) is 17.3. The third-order valence-electron chi connectivity index (χ3n) is 8.53. The molecule has 5 nitrogen and oxygen atoms in total. The molecule has 28 heavy (non-hydrogen) atoms. The third kappa shape index (κ3) is 2.69. The molecule has 1 aromatic rings. The summed E-state index contributed by atoms with van der Waals surface area (Å²) in [5.74, 6) is 4.88. The van der Waals surface area contributed by atoms with Crippen LogP contribution in [0.2, 0.25) is 0 Å². The molecule has 2 saturated carbocycles. The van der Waals surface area contributed by atoms with E-state index in [-0.39, 0.29) is 0 Å². The number of fused-ring (bicyclic) bond motifs is 5. The second kappa shape index (κ2) is 6.57. The fourth-order valence-corrected chi connectivity index (χ4v) is 7.05. The molecular weight excluding hydrogens is 348 g/mol. The van der Waals surface area contributed by atoms with Gasteiger partial charge in [-0.05, 0) is 90.0 Å². The van der Waals surface area contributed by atoms with Crippen molar-refractivity contribution in [2.45, 2.75) is 58.8 Å². The first-order valence-electron chi connectivity index (χ1n) is 11.0. The SMILES string of the molecule is CCC1=C[C@H]2C(=CC[C@@H]3[C@@H]2CC[C@]2(C)[C@@H](Cc4nnn(C)n4)CC[C@@H]32)C=C1O. The summed E-state index contributed by atoms with van der Waals surface area (Å²) in [7, 11) is 1.85. The summed E-state index contributed by atoms with van der Waals surface area (Å²) in [5.41, 5.74) is 2.89. The quantitative estimate of drug-likeness (QED) is 0.835. The molecule has 1 heterocycles. The molecular formula is C23H32N4O. The lowest BCUT2D eigenvalue weighted by molar-refractivity contribution is -0.00111. The van der Waals surface area contributed by atoms with Crippen molar-refractivity contribution in [3.05, 3.63) is 41.0 Å². The Morgan fingerprint density at radius 1 is 1.25 bits per heavy atom. The zero-order chi connectivity index (χ0) is 19.5. The molecule has 2 fully saturated rings. The van der Waals surface area contributed by atoms with Crippen molar-refractivity contribution in [3.63, 3.8) is 0 Å². The summed E-state index contributed by atoms with van der Waals surface area (Å²) in [4.78, 5) is 1.58. The van der Waals surface area contributed by atoms with Crippen molar-refractivity contribution in [1.82, 2.24) is 20.2 Å². The Morgan fingerprint density at radius 2 is 2.11 bits per heavy atom. The molecule has 1 N–H and O–H groups in total. The smallest absolute Gasteiger partial charge is 0.175 e. The maximum atomic E-state index is 10.3. The van der Waals surface area contributed by atoms with Gasteiger partial charge in [-0.3, -0.25) is 0 Å². The van der Waals surface area contributed by atoms with Gasteiger partial charge in [0.05, 0.1) is 7.05 Å². The van der Waals surface area contributed by atoms with E-state index >= 15 is 0 Å². The van der Waals surface area contributed by atoms with Crippen LogP contribution < -0.4 is 0 Å². The lowest BCUT2D eigenvalue weighted by atomic mass is 9.52. The van der Waals surface area contributed by atoms with E-state index in [4.69, 9.17) is 0 Å². The molecule has 5 rings (SSSR count). The van der Waals surface area contributed by atoms with Crippen LogP contribution in [0.15, 0.2) is 35.1 Å². The molecule has 0 aliphatic heterocycles.